The molecule has 1 N–H and O–H groups in total. The maximum atomic E-state index is 12.5. The summed E-state index contributed by atoms with van der Waals surface area (Å²) in [5.74, 6) is 0.936. The molecule has 8 heteroatoms. The lowest BCUT2D eigenvalue weighted by molar-refractivity contribution is 0.102. The van der Waals surface area contributed by atoms with E-state index in [2.05, 4.69) is 20.8 Å². The summed E-state index contributed by atoms with van der Waals surface area (Å²) in [6.45, 7) is 0.169. The molecule has 8 nitrogen and oxygen atoms in total. The van der Waals surface area contributed by atoms with Crippen LogP contribution in [-0.4, -0.2) is 32.9 Å². The van der Waals surface area contributed by atoms with Gasteiger partial charge in [0, 0.05) is 5.56 Å². The van der Waals surface area contributed by atoms with E-state index in [0.29, 0.717) is 28.4 Å². The second kappa shape index (κ2) is 5.41. The van der Waals surface area contributed by atoms with E-state index < -0.39 is 0 Å². The topological polar surface area (TPSA) is 91.2 Å². The van der Waals surface area contributed by atoms with Gasteiger partial charge < -0.3 is 14.8 Å². The number of tetrazole rings is 1. The Balaban J connectivity index is 1.62. The smallest absolute Gasteiger partial charge is 0.255 e. The molecule has 0 spiro atoms. The Morgan fingerprint density at radius 3 is 2.87 bits per heavy atom. The van der Waals surface area contributed by atoms with Gasteiger partial charge in [0.05, 0.1) is 11.4 Å². The molecule has 4 rings (SSSR count). The van der Waals surface area contributed by atoms with Crippen LogP contribution in [0.4, 0.5) is 5.69 Å². The first kappa shape index (κ1) is 13.3. The van der Waals surface area contributed by atoms with E-state index in [4.69, 9.17) is 9.47 Å². The van der Waals surface area contributed by atoms with Gasteiger partial charge in [0.25, 0.3) is 5.91 Å². The summed E-state index contributed by atoms with van der Waals surface area (Å²) in [6, 6.07) is 12.3. The molecule has 2 aromatic carbocycles. The van der Waals surface area contributed by atoms with E-state index in [0.717, 1.165) is 0 Å². The molecule has 0 saturated heterocycles. The molecule has 0 unspecified atom stereocenters. The van der Waals surface area contributed by atoms with Gasteiger partial charge in [-0.05, 0) is 40.8 Å². The summed E-state index contributed by atoms with van der Waals surface area (Å²) in [7, 11) is 0. The van der Waals surface area contributed by atoms with E-state index in [9.17, 15) is 4.79 Å². The number of anilines is 1. The molecule has 1 aromatic heterocycles. The number of carbonyl (C=O) groups excluding carboxylic acids is 1. The number of fused-ring (bicyclic) bond motifs is 1. The van der Waals surface area contributed by atoms with Gasteiger partial charge >= 0.3 is 0 Å². The number of amides is 1. The van der Waals surface area contributed by atoms with Crippen molar-refractivity contribution in [1.29, 1.82) is 0 Å². The lowest BCUT2D eigenvalue weighted by Gasteiger charge is -2.10. The number of para-hydroxylation sites is 2. The second-order valence-corrected chi connectivity index (χ2v) is 4.79. The number of benzene rings is 2. The summed E-state index contributed by atoms with van der Waals surface area (Å²) in [5, 5.41) is 13.9. The molecule has 2 heterocycles. The molecule has 1 aliphatic rings. The fraction of sp³-hybridized carbons (Fsp3) is 0.0667. The minimum atomic E-state index is -0.260. The van der Waals surface area contributed by atoms with Crippen molar-refractivity contribution in [3.05, 3.63) is 54.4 Å². The van der Waals surface area contributed by atoms with E-state index in [1.807, 2.05) is 18.2 Å². The van der Waals surface area contributed by atoms with Crippen LogP contribution in [-0.2, 0) is 0 Å². The summed E-state index contributed by atoms with van der Waals surface area (Å²) >= 11 is 0. The highest BCUT2D eigenvalue weighted by molar-refractivity contribution is 6.05. The first-order chi connectivity index (χ1) is 11.3. The van der Waals surface area contributed by atoms with Crippen LogP contribution in [0.3, 0.4) is 0 Å². The van der Waals surface area contributed by atoms with Gasteiger partial charge in [0.15, 0.2) is 11.5 Å². The Morgan fingerprint density at radius 1 is 1.13 bits per heavy atom. The number of hydrogen-bond donors (Lipinski definition) is 1. The number of nitrogens with one attached hydrogen (secondary N) is 1. The molecular formula is C15H11N5O3. The number of hydrogen-bond acceptors (Lipinski definition) is 6. The third-order valence-corrected chi connectivity index (χ3v) is 3.38. The lowest BCUT2D eigenvalue weighted by atomic mass is 10.1. The Bertz CT molecular complexity index is 863. The average molecular weight is 309 g/mol. The molecule has 0 fully saturated rings. The zero-order chi connectivity index (χ0) is 15.6. The molecule has 0 bridgehead atoms. The zero-order valence-electron chi connectivity index (χ0n) is 11.8. The Kier molecular flexibility index (Phi) is 3.12. The van der Waals surface area contributed by atoms with Crippen LogP contribution in [0.5, 0.6) is 11.5 Å². The predicted molar refractivity (Wildman–Crippen MR) is 79.7 cm³/mol. The van der Waals surface area contributed by atoms with E-state index >= 15 is 0 Å². The molecule has 1 aliphatic heterocycles. The van der Waals surface area contributed by atoms with Crippen molar-refractivity contribution in [2.45, 2.75) is 0 Å². The van der Waals surface area contributed by atoms with Crippen LogP contribution in [0.1, 0.15) is 10.4 Å². The fourth-order valence-corrected chi connectivity index (χ4v) is 2.28. The molecule has 0 saturated carbocycles. The quantitative estimate of drug-likeness (QED) is 0.791. The third kappa shape index (κ3) is 2.46. The number of rotatable bonds is 3. The standard InChI is InChI=1S/C15H11N5O3/c21-15(10-5-6-13-14(7-10)23-9-22-13)17-11-3-1-2-4-12(11)20-8-16-18-19-20/h1-8H,9H2,(H,17,21). The third-order valence-electron chi connectivity index (χ3n) is 3.38. The molecule has 23 heavy (non-hydrogen) atoms. The molecule has 1 amide bonds. The van der Waals surface area contributed by atoms with Crippen molar-refractivity contribution in [3.8, 4) is 17.2 Å². The van der Waals surface area contributed by atoms with E-state index in [-0.39, 0.29) is 12.7 Å². The minimum absolute atomic E-state index is 0.169. The van der Waals surface area contributed by atoms with Gasteiger partial charge in [0.1, 0.15) is 6.33 Å². The first-order valence-corrected chi connectivity index (χ1v) is 6.85. The van der Waals surface area contributed by atoms with Gasteiger partial charge in [-0.15, -0.1) is 5.10 Å². The van der Waals surface area contributed by atoms with Gasteiger partial charge in [-0.25, -0.2) is 0 Å². The van der Waals surface area contributed by atoms with Crippen LogP contribution in [0.25, 0.3) is 5.69 Å². The van der Waals surface area contributed by atoms with Crippen LogP contribution in [0.15, 0.2) is 48.8 Å². The summed E-state index contributed by atoms with van der Waals surface area (Å²) in [6.07, 6.45) is 1.46. The van der Waals surface area contributed by atoms with Crippen LogP contribution in [0, 0.1) is 0 Å². The molecule has 114 valence electrons. The van der Waals surface area contributed by atoms with Gasteiger partial charge in [-0.2, -0.15) is 4.68 Å². The molecule has 0 atom stereocenters. The summed E-state index contributed by atoms with van der Waals surface area (Å²) < 4.78 is 12.0. The van der Waals surface area contributed by atoms with Crippen LogP contribution in [0.2, 0.25) is 0 Å². The zero-order valence-corrected chi connectivity index (χ0v) is 11.8. The average Bonchev–Trinajstić information content (AvgIpc) is 3.26. The Labute approximate surface area is 130 Å². The SMILES string of the molecule is O=C(Nc1ccccc1-n1cnnn1)c1ccc2c(c1)OCO2. The Hall–Kier alpha value is -3.42. The van der Waals surface area contributed by atoms with Crippen molar-refractivity contribution in [2.75, 3.05) is 12.1 Å². The van der Waals surface area contributed by atoms with Crippen molar-refractivity contribution < 1.29 is 14.3 Å². The number of carbonyl (C=O) groups is 1. The molecule has 3 aromatic rings. The van der Waals surface area contributed by atoms with Gasteiger partial charge in [-0.1, -0.05) is 12.1 Å². The van der Waals surface area contributed by atoms with Crippen molar-refractivity contribution in [1.82, 2.24) is 20.2 Å². The van der Waals surface area contributed by atoms with Crippen LogP contribution < -0.4 is 14.8 Å². The largest absolute Gasteiger partial charge is 0.454 e. The number of nitrogens with zero attached hydrogens (tertiary/aromatic N) is 4. The molecular weight excluding hydrogens is 298 g/mol. The molecule has 0 radical (unpaired) electrons. The maximum Gasteiger partial charge on any atom is 0.255 e. The number of aromatic nitrogens is 4. The monoisotopic (exact) mass is 309 g/mol. The van der Waals surface area contributed by atoms with Crippen LogP contribution >= 0.6 is 0 Å². The van der Waals surface area contributed by atoms with E-state index in [1.54, 1.807) is 24.3 Å². The predicted octanol–water partition coefficient (Wildman–Crippen LogP) is 1.64. The highest BCUT2D eigenvalue weighted by Gasteiger charge is 2.17. The Morgan fingerprint density at radius 2 is 2.00 bits per heavy atom. The highest BCUT2D eigenvalue weighted by atomic mass is 16.7. The normalized spacial score (nSPS) is 12.2. The second-order valence-electron chi connectivity index (χ2n) is 4.79. The minimum Gasteiger partial charge on any atom is -0.454 e. The summed E-state index contributed by atoms with van der Waals surface area (Å²) in [4.78, 5) is 12.5. The van der Waals surface area contributed by atoms with Gasteiger partial charge in [0.2, 0.25) is 6.79 Å². The van der Waals surface area contributed by atoms with Crippen molar-refractivity contribution in [3.63, 3.8) is 0 Å². The maximum absolute atomic E-state index is 12.5. The molecule has 0 aliphatic carbocycles. The van der Waals surface area contributed by atoms with Crippen molar-refractivity contribution >= 4 is 11.6 Å². The lowest BCUT2D eigenvalue weighted by Crippen LogP contribution is -2.14. The highest BCUT2D eigenvalue weighted by Crippen LogP contribution is 2.32. The van der Waals surface area contributed by atoms with Gasteiger partial charge in [-0.3, -0.25) is 4.79 Å². The summed E-state index contributed by atoms with van der Waals surface area (Å²) in [5.41, 5.74) is 1.75. The first-order valence-electron chi connectivity index (χ1n) is 6.85. The fourth-order valence-electron chi connectivity index (χ4n) is 2.28. The number of ether oxygens (including phenoxy) is 2. The van der Waals surface area contributed by atoms with Crippen molar-refractivity contribution in [2.24, 2.45) is 0 Å². The van der Waals surface area contributed by atoms with E-state index in [1.165, 1.54) is 11.0 Å².